The molecule has 1 saturated carbocycles. The molecule has 1 aromatic carbocycles. The minimum absolute atomic E-state index is 0.0946. The molecular formula is C20H26F3NO3. The third kappa shape index (κ3) is 3.47. The maximum absolute atomic E-state index is 13.5. The van der Waals surface area contributed by atoms with E-state index in [0.717, 1.165) is 31.4 Å². The molecule has 2 aliphatic rings. The summed E-state index contributed by atoms with van der Waals surface area (Å²) in [6, 6.07) is 3.41. The average molecular weight is 385 g/mol. The summed E-state index contributed by atoms with van der Waals surface area (Å²) in [6.45, 7) is 6.43. The van der Waals surface area contributed by atoms with Gasteiger partial charge in [-0.1, -0.05) is 26.8 Å². The zero-order chi connectivity index (χ0) is 20.0. The van der Waals surface area contributed by atoms with Crippen LogP contribution in [0.5, 0.6) is 0 Å². The molecule has 1 heterocycles. The average Bonchev–Trinajstić information content (AvgIpc) is 3.02. The van der Waals surface area contributed by atoms with E-state index in [1.807, 2.05) is 13.8 Å². The minimum atomic E-state index is -4.50. The quantitative estimate of drug-likeness (QED) is 0.586. The van der Waals surface area contributed by atoms with Gasteiger partial charge in [0.2, 0.25) is 5.91 Å². The van der Waals surface area contributed by atoms with Crippen LogP contribution in [0.1, 0.15) is 63.0 Å². The Bertz CT molecular complexity index is 719. The topological polar surface area (TPSA) is 49.8 Å². The lowest BCUT2D eigenvalue weighted by Crippen LogP contribution is -2.50. The van der Waals surface area contributed by atoms with Crippen LogP contribution < -0.4 is 0 Å². The summed E-state index contributed by atoms with van der Waals surface area (Å²) in [5.41, 5.74) is -0.512. The van der Waals surface area contributed by atoms with Gasteiger partial charge >= 0.3 is 6.18 Å². The number of halogens is 3. The van der Waals surface area contributed by atoms with Gasteiger partial charge in [-0.15, -0.1) is 0 Å². The van der Waals surface area contributed by atoms with Gasteiger partial charge in [0.05, 0.1) is 11.0 Å². The van der Waals surface area contributed by atoms with Gasteiger partial charge in [0.25, 0.3) is 0 Å². The molecule has 150 valence electrons. The highest BCUT2D eigenvalue weighted by Gasteiger charge is 2.50. The molecule has 7 heteroatoms. The molecule has 1 amide bonds. The van der Waals surface area contributed by atoms with E-state index in [4.69, 9.17) is 0 Å². The Kier molecular flexibility index (Phi) is 5.29. The van der Waals surface area contributed by atoms with E-state index in [1.165, 1.54) is 11.0 Å². The highest BCUT2D eigenvalue weighted by molar-refractivity contribution is 5.84. The van der Waals surface area contributed by atoms with Gasteiger partial charge < -0.3 is 4.90 Å². The Labute approximate surface area is 157 Å². The number of nitrogens with zero attached hydrogens (tertiary/aromatic N) is 1. The number of carbonyl (C=O) groups excluding carboxylic acids is 1. The largest absolute Gasteiger partial charge is 0.416 e. The van der Waals surface area contributed by atoms with E-state index in [1.54, 1.807) is 0 Å². The van der Waals surface area contributed by atoms with Crippen LogP contribution in [-0.4, -0.2) is 22.6 Å². The monoisotopic (exact) mass is 385 g/mol. The summed E-state index contributed by atoms with van der Waals surface area (Å²) in [4.78, 5) is 19.5. The Balaban J connectivity index is 1.98. The molecule has 0 spiro atoms. The molecule has 1 aliphatic heterocycles. The molecule has 0 saturated heterocycles. The van der Waals surface area contributed by atoms with Gasteiger partial charge in [-0.25, -0.2) is 10.1 Å². The van der Waals surface area contributed by atoms with Crippen molar-refractivity contribution in [1.29, 1.82) is 0 Å². The Morgan fingerprint density at radius 1 is 1.37 bits per heavy atom. The zero-order valence-electron chi connectivity index (χ0n) is 15.8. The van der Waals surface area contributed by atoms with E-state index in [-0.39, 0.29) is 17.4 Å². The molecule has 0 aromatic heterocycles. The first kappa shape index (κ1) is 20.1. The summed E-state index contributed by atoms with van der Waals surface area (Å²) in [5.74, 6) is 0.375. The second-order valence-corrected chi connectivity index (χ2v) is 8.28. The van der Waals surface area contributed by atoms with Gasteiger partial charge in [-0.05, 0) is 55.2 Å². The lowest BCUT2D eigenvalue weighted by Gasteiger charge is -2.42. The van der Waals surface area contributed by atoms with Crippen molar-refractivity contribution in [2.75, 3.05) is 6.54 Å². The number of rotatable bonds is 3. The lowest BCUT2D eigenvalue weighted by molar-refractivity contribution is -0.316. The fourth-order valence-corrected chi connectivity index (χ4v) is 4.66. The van der Waals surface area contributed by atoms with Crippen LogP contribution in [0.15, 0.2) is 18.2 Å². The Hall–Kier alpha value is -1.60. The number of alkyl halides is 3. The van der Waals surface area contributed by atoms with E-state index in [9.17, 15) is 23.2 Å². The van der Waals surface area contributed by atoms with Gasteiger partial charge in [0, 0.05) is 12.1 Å². The van der Waals surface area contributed by atoms with Crippen LogP contribution >= 0.6 is 0 Å². The number of benzene rings is 1. The van der Waals surface area contributed by atoms with Crippen molar-refractivity contribution in [2.24, 2.45) is 17.3 Å². The summed E-state index contributed by atoms with van der Waals surface area (Å²) < 4.78 is 39.3. The molecule has 3 rings (SSSR count). The van der Waals surface area contributed by atoms with Crippen molar-refractivity contribution < 1.29 is 28.1 Å². The highest BCUT2D eigenvalue weighted by Crippen LogP contribution is 2.50. The highest BCUT2D eigenvalue weighted by atomic mass is 19.4. The van der Waals surface area contributed by atoms with Gasteiger partial charge in [0.1, 0.15) is 0 Å². The molecule has 4 nitrogen and oxygen atoms in total. The van der Waals surface area contributed by atoms with E-state index in [0.29, 0.717) is 24.4 Å². The van der Waals surface area contributed by atoms with Crippen molar-refractivity contribution >= 4 is 5.91 Å². The van der Waals surface area contributed by atoms with Crippen LogP contribution in [0.3, 0.4) is 0 Å². The molecule has 1 unspecified atom stereocenters. The van der Waals surface area contributed by atoms with Crippen molar-refractivity contribution in [3.8, 4) is 0 Å². The third-order valence-electron chi connectivity index (χ3n) is 6.33. The molecular weight excluding hydrogens is 359 g/mol. The predicted molar refractivity (Wildman–Crippen MR) is 93.6 cm³/mol. The van der Waals surface area contributed by atoms with E-state index in [2.05, 4.69) is 11.8 Å². The maximum Gasteiger partial charge on any atom is 0.416 e. The van der Waals surface area contributed by atoms with Crippen LogP contribution in [0.2, 0.25) is 0 Å². The molecule has 1 fully saturated rings. The minimum Gasteiger partial charge on any atom is -0.310 e. The fourth-order valence-electron chi connectivity index (χ4n) is 4.66. The summed E-state index contributed by atoms with van der Waals surface area (Å²) in [5, 5.41) is 9.49. The summed E-state index contributed by atoms with van der Waals surface area (Å²) in [7, 11) is 0. The molecule has 1 aromatic rings. The first-order chi connectivity index (χ1) is 12.6. The number of carbonyl (C=O) groups is 1. The SMILES string of the molecule is CC(C)[C@]1(C(=O)N2CCc3ccc(C(F)(F)F)cc3C2OO)CC[C@@H](C)C1. The maximum atomic E-state index is 13.5. The van der Waals surface area contributed by atoms with Crippen molar-refractivity contribution in [3.05, 3.63) is 34.9 Å². The van der Waals surface area contributed by atoms with Gasteiger partial charge in [-0.3, -0.25) is 4.79 Å². The molecule has 0 bridgehead atoms. The van der Waals surface area contributed by atoms with Crippen LogP contribution in [0.4, 0.5) is 13.2 Å². The first-order valence-corrected chi connectivity index (χ1v) is 9.41. The Morgan fingerprint density at radius 3 is 2.59 bits per heavy atom. The summed E-state index contributed by atoms with van der Waals surface area (Å²) >= 11 is 0. The zero-order valence-corrected chi connectivity index (χ0v) is 15.8. The predicted octanol–water partition coefficient (Wildman–Crippen LogP) is 5.04. The van der Waals surface area contributed by atoms with Crippen molar-refractivity contribution in [3.63, 3.8) is 0 Å². The number of hydrogen-bond acceptors (Lipinski definition) is 3. The molecule has 1 aliphatic carbocycles. The summed E-state index contributed by atoms with van der Waals surface area (Å²) in [6.07, 6.45) is -2.85. The van der Waals surface area contributed by atoms with Gasteiger partial charge in [0.15, 0.2) is 6.23 Å². The second kappa shape index (κ2) is 7.09. The van der Waals surface area contributed by atoms with E-state index >= 15 is 0 Å². The Morgan fingerprint density at radius 2 is 2.07 bits per heavy atom. The van der Waals surface area contributed by atoms with Crippen LogP contribution in [-0.2, 0) is 22.3 Å². The van der Waals surface area contributed by atoms with Crippen molar-refractivity contribution in [2.45, 2.75) is 58.9 Å². The lowest BCUT2D eigenvalue weighted by atomic mass is 9.73. The van der Waals surface area contributed by atoms with Gasteiger partial charge in [-0.2, -0.15) is 13.2 Å². The van der Waals surface area contributed by atoms with Crippen molar-refractivity contribution in [1.82, 2.24) is 4.90 Å². The second-order valence-electron chi connectivity index (χ2n) is 8.28. The normalized spacial score (nSPS) is 28.5. The number of fused-ring (bicyclic) bond motifs is 1. The molecule has 27 heavy (non-hydrogen) atoms. The standard InChI is InChI=1S/C20H26F3NO3/c1-12(2)19(8-6-13(3)11-19)18(25)24-9-7-14-4-5-15(20(21,22)23)10-16(14)17(24)27-26/h4-5,10,12-13,17,26H,6-9,11H2,1-3H3/t13-,17?,19+/m1/s1. The van der Waals surface area contributed by atoms with E-state index < -0.39 is 23.4 Å². The molecule has 0 radical (unpaired) electrons. The smallest absolute Gasteiger partial charge is 0.310 e. The van der Waals surface area contributed by atoms with Crippen LogP contribution in [0, 0.1) is 17.3 Å². The fraction of sp³-hybridized carbons (Fsp3) is 0.650. The number of hydrogen-bond donors (Lipinski definition) is 1. The first-order valence-electron chi connectivity index (χ1n) is 9.41. The number of amides is 1. The molecule has 3 atom stereocenters. The molecule has 1 N–H and O–H groups in total. The third-order valence-corrected chi connectivity index (χ3v) is 6.33. The van der Waals surface area contributed by atoms with Crippen LogP contribution in [0.25, 0.3) is 0 Å².